The molecule has 0 fully saturated rings. The van der Waals surface area contributed by atoms with Gasteiger partial charge in [-0.25, -0.2) is 9.78 Å². The Labute approximate surface area is 78.0 Å². The number of H-pyrrole nitrogens is 1. The number of nitrogens with zero attached hydrogens (tertiary/aromatic N) is 1. The summed E-state index contributed by atoms with van der Waals surface area (Å²) in [7, 11) is 0. The van der Waals surface area contributed by atoms with Gasteiger partial charge in [0.05, 0.1) is 5.39 Å². The van der Waals surface area contributed by atoms with Crippen molar-refractivity contribution in [2.75, 3.05) is 0 Å². The minimum absolute atomic E-state index is 0.273. The van der Waals surface area contributed by atoms with Gasteiger partial charge in [-0.2, -0.15) is 0 Å². The Kier molecular flexibility index (Phi) is 1.78. The van der Waals surface area contributed by atoms with Crippen molar-refractivity contribution >= 4 is 17.0 Å². The molecule has 0 saturated carbocycles. The van der Waals surface area contributed by atoms with Crippen molar-refractivity contribution in [3.63, 3.8) is 0 Å². The second-order valence-corrected chi connectivity index (χ2v) is 2.74. The van der Waals surface area contributed by atoms with Gasteiger partial charge in [0.2, 0.25) is 5.43 Å². The summed E-state index contributed by atoms with van der Waals surface area (Å²) in [5.74, 6) is -1.24. The summed E-state index contributed by atoms with van der Waals surface area (Å²) in [6.07, 6.45) is 2.68. The third kappa shape index (κ3) is 1.15. The van der Waals surface area contributed by atoms with Crippen LogP contribution in [0.3, 0.4) is 0 Å². The number of rotatable bonds is 1. The van der Waals surface area contributed by atoms with E-state index in [2.05, 4.69) is 9.97 Å². The number of hydrogen-bond donors (Lipinski definition) is 2. The lowest BCUT2D eigenvalue weighted by Crippen LogP contribution is -2.15. The number of carbonyl (C=O) groups is 1. The molecule has 2 rings (SSSR count). The largest absolute Gasteiger partial charge is 0.477 e. The van der Waals surface area contributed by atoms with Crippen molar-refractivity contribution in [3.8, 4) is 0 Å². The van der Waals surface area contributed by atoms with Gasteiger partial charge in [0, 0.05) is 12.4 Å². The molecule has 0 saturated heterocycles. The number of carboxylic acid groups (broad SMARTS) is 1. The summed E-state index contributed by atoms with van der Waals surface area (Å²) in [5.41, 5.74) is -0.396. The Bertz CT molecular complexity index is 559. The van der Waals surface area contributed by atoms with Crippen molar-refractivity contribution in [1.29, 1.82) is 0 Å². The zero-order valence-corrected chi connectivity index (χ0v) is 7.02. The predicted octanol–water partition coefficient (Wildman–Crippen LogP) is 0.621. The summed E-state index contributed by atoms with van der Waals surface area (Å²) >= 11 is 0. The normalized spacial score (nSPS) is 10.3. The average Bonchev–Trinajstić information content (AvgIpc) is 2.18. The maximum Gasteiger partial charge on any atom is 0.341 e. The second kappa shape index (κ2) is 2.95. The molecule has 0 amide bonds. The number of aromatic carboxylic acids is 1. The van der Waals surface area contributed by atoms with E-state index in [1.54, 1.807) is 6.07 Å². The molecule has 70 valence electrons. The fourth-order valence-electron chi connectivity index (χ4n) is 1.21. The Morgan fingerprint density at radius 2 is 2.29 bits per heavy atom. The first-order chi connectivity index (χ1) is 6.70. The van der Waals surface area contributed by atoms with Crippen LogP contribution >= 0.6 is 0 Å². The predicted molar refractivity (Wildman–Crippen MR) is 49.3 cm³/mol. The highest BCUT2D eigenvalue weighted by molar-refractivity contribution is 5.91. The first kappa shape index (κ1) is 8.43. The second-order valence-electron chi connectivity index (χ2n) is 2.74. The van der Waals surface area contributed by atoms with Gasteiger partial charge in [-0.1, -0.05) is 0 Å². The molecule has 2 heterocycles. The molecule has 0 spiro atoms. The highest BCUT2D eigenvalue weighted by Crippen LogP contribution is 2.03. The standard InChI is InChI=1S/C9H6N2O3/c12-7-5-2-1-3-10-8(5)11-4-6(7)9(13)14/h1-4H,(H,13,14)(H,10,11,12). The summed E-state index contributed by atoms with van der Waals surface area (Å²) in [4.78, 5) is 28.7. The number of fused-ring (bicyclic) bond motifs is 1. The van der Waals surface area contributed by atoms with E-state index in [-0.39, 0.29) is 10.9 Å². The first-order valence-electron chi connectivity index (χ1n) is 3.90. The monoisotopic (exact) mass is 190 g/mol. The highest BCUT2D eigenvalue weighted by atomic mass is 16.4. The van der Waals surface area contributed by atoms with Gasteiger partial charge in [0.1, 0.15) is 11.2 Å². The van der Waals surface area contributed by atoms with Crippen molar-refractivity contribution in [2.24, 2.45) is 0 Å². The summed E-state index contributed by atoms with van der Waals surface area (Å²) in [5, 5.41) is 8.97. The third-order valence-electron chi connectivity index (χ3n) is 1.88. The molecule has 0 aromatic carbocycles. The van der Waals surface area contributed by atoms with Crippen LogP contribution in [0.15, 0.2) is 29.3 Å². The van der Waals surface area contributed by atoms with Gasteiger partial charge in [0.15, 0.2) is 0 Å². The van der Waals surface area contributed by atoms with Crippen molar-refractivity contribution in [3.05, 3.63) is 40.3 Å². The van der Waals surface area contributed by atoms with Crippen molar-refractivity contribution in [2.45, 2.75) is 0 Å². The number of carboxylic acids is 1. The molecule has 2 aromatic rings. The SMILES string of the molecule is O=C(O)c1c[nH]c2ncccc2c1=O. The molecule has 5 nitrogen and oxygen atoms in total. The molecule has 0 aliphatic carbocycles. The summed E-state index contributed by atoms with van der Waals surface area (Å²) in [6.45, 7) is 0. The van der Waals surface area contributed by atoms with Gasteiger partial charge < -0.3 is 10.1 Å². The number of hydrogen-bond acceptors (Lipinski definition) is 3. The molecule has 0 aliphatic rings. The molecule has 2 N–H and O–H groups in total. The topological polar surface area (TPSA) is 83.0 Å². The number of pyridine rings is 2. The zero-order chi connectivity index (χ0) is 10.1. The van der Waals surface area contributed by atoms with E-state index < -0.39 is 11.4 Å². The highest BCUT2D eigenvalue weighted by Gasteiger charge is 2.10. The summed E-state index contributed by atoms with van der Waals surface area (Å²) in [6, 6.07) is 3.12. The van der Waals surface area contributed by atoms with Gasteiger partial charge in [-0.05, 0) is 12.1 Å². The van der Waals surface area contributed by atoms with Gasteiger partial charge in [-0.15, -0.1) is 0 Å². The molecular weight excluding hydrogens is 184 g/mol. The lowest BCUT2D eigenvalue weighted by Gasteiger charge is -1.97. The van der Waals surface area contributed by atoms with Gasteiger partial charge in [0.25, 0.3) is 0 Å². The molecule has 0 radical (unpaired) electrons. The van der Waals surface area contributed by atoms with E-state index in [1.807, 2.05) is 0 Å². The van der Waals surface area contributed by atoms with E-state index in [1.165, 1.54) is 12.3 Å². The van der Waals surface area contributed by atoms with E-state index in [0.29, 0.717) is 5.65 Å². The number of aromatic nitrogens is 2. The van der Waals surface area contributed by atoms with Crippen LogP contribution in [0.2, 0.25) is 0 Å². The molecule has 0 aliphatic heterocycles. The van der Waals surface area contributed by atoms with Crippen LogP contribution in [-0.4, -0.2) is 21.0 Å². The van der Waals surface area contributed by atoms with Crippen LogP contribution in [0.1, 0.15) is 10.4 Å². The van der Waals surface area contributed by atoms with Crippen LogP contribution in [0.25, 0.3) is 11.0 Å². The molecule has 0 atom stereocenters. The Hall–Kier alpha value is -2.17. The molecule has 0 unspecified atom stereocenters. The summed E-state index contributed by atoms with van der Waals surface area (Å²) < 4.78 is 0. The average molecular weight is 190 g/mol. The Morgan fingerprint density at radius 3 is 3.00 bits per heavy atom. The fraction of sp³-hybridized carbons (Fsp3) is 0. The first-order valence-corrected chi connectivity index (χ1v) is 3.90. The maximum atomic E-state index is 11.5. The fourth-order valence-corrected chi connectivity index (χ4v) is 1.21. The quantitative estimate of drug-likeness (QED) is 0.690. The van der Waals surface area contributed by atoms with Crippen LogP contribution < -0.4 is 5.43 Å². The lowest BCUT2D eigenvalue weighted by atomic mass is 10.2. The van der Waals surface area contributed by atoms with Gasteiger partial charge in [-0.3, -0.25) is 4.79 Å². The molecule has 0 bridgehead atoms. The molecule has 14 heavy (non-hydrogen) atoms. The van der Waals surface area contributed by atoms with Crippen LogP contribution in [0.4, 0.5) is 0 Å². The van der Waals surface area contributed by atoms with Gasteiger partial charge >= 0.3 is 5.97 Å². The molecule has 2 aromatic heterocycles. The lowest BCUT2D eigenvalue weighted by molar-refractivity contribution is 0.0695. The molecule has 5 heteroatoms. The number of nitrogens with one attached hydrogen (secondary N) is 1. The zero-order valence-electron chi connectivity index (χ0n) is 7.02. The van der Waals surface area contributed by atoms with E-state index in [0.717, 1.165) is 6.20 Å². The van der Waals surface area contributed by atoms with E-state index in [9.17, 15) is 9.59 Å². The van der Waals surface area contributed by atoms with E-state index >= 15 is 0 Å². The smallest absolute Gasteiger partial charge is 0.341 e. The van der Waals surface area contributed by atoms with Crippen LogP contribution in [0.5, 0.6) is 0 Å². The van der Waals surface area contributed by atoms with Crippen LogP contribution in [0, 0.1) is 0 Å². The van der Waals surface area contributed by atoms with Crippen LogP contribution in [-0.2, 0) is 0 Å². The number of aromatic amines is 1. The van der Waals surface area contributed by atoms with Crippen molar-refractivity contribution < 1.29 is 9.90 Å². The minimum atomic E-state index is -1.24. The third-order valence-corrected chi connectivity index (χ3v) is 1.88. The Morgan fingerprint density at radius 1 is 1.50 bits per heavy atom. The Balaban J connectivity index is 2.89. The van der Waals surface area contributed by atoms with Crippen molar-refractivity contribution in [1.82, 2.24) is 9.97 Å². The molecular formula is C9H6N2O3. The maximum absolute atomic E-state index is 11.5. The minimum Gasteiger partial charge on any atom is -0.477 e. The van der Waals surface area contributed by atoms with E-state index in [4.69, 9.17) is 5.11 Å².